The number of hydrogen-bond donors (Lipinski definition) is 0. The van der Waals surface area contributed by atoms with Crippen molar-refractivity contribution in [1.82, 2.24) is 9.47 Å². The van der Waals surface area contributed by atoms with Gasteiger partial charge in [0.1, 0.15) is 0 Å². The fourth-order valence-electron chi connectivity index (χ4n) is 2.92. The zero-order valence-corrected chi connectivity index (χ0v) is 10.5. The Kier molecular flexibility index (Phi) is 2.89. The van der Waals surface area contributed by atoms with Crippen molar-refractivity contribution < 1.29 is 0 Å². The van der Waals surface area contributed by atoms with Gasteiger partial charge in [-0.3, -0.25) is 0 Å². The summed E-state index contributed by atoms with van der Waals surface area (Å²) in [5, 5.41) is 1.37. The molecular formula is C15H20N2. The number of likely N-dealkylation sites (tertiary alicyclic amines) is 1. The Bertz CT molecular complexity index is 500. The van der Waals surface area contributed by atoms with E-state index in [1.54, 1.807) is 0 Å². The zero-order valence-electron chi connectivity index (χ0n) is 10.5. The highest BCUT2D eigenvalue weighted by Crippen LogP contribution is 2.27. The predicted molar refractivity (Wildman–Crippen MR) is 72.3 cm³/mol. The highest BCUT2D eigenvalue weighted by molar-refractivity contribution is 5.80. The third-order valence-corrected chi connectivity index (χ3v) is 3.94. The van der Waals surface area contributed by atoms with Crippen LogP contribution < -0.4 is 0 Å². The molecule has 0 radical (unpaired) electrons. The molecule has 2 nitrogen and oxygen atoms in total. The molecule has 1 aromatic carbocycles. The maximum absolute atomic E-state index is 2.48. The molecule has 0 spiro atoms. The Balaban J connectivity index is 1.92. The summed E-state index contributed by atoms with van der Waals surface area (Å²) in [5.41, 5.74) is 1.39. The molecule has 0 bridgehead atoms. The molecule has 2 heterocycles. The van der Waals surface area contributed by atoms with Crippen molar-refractivity contribution in [3.8, 4) is 0 Å². The highest BCUT2D eigenvalue weighted by Gasteiger charge is 2.17. The fraction of sp³-hybridized carbons (Fsp3) is 0.467. The number of benzene rings is 1. The van der Waals surface area contributed by atoms with Crippen molar-refractivity contribution in [2.75, 3.05) is 20.1 Å². The largest absolute Gasteiger partial charge is 0.344 e. The molecule has 1 saturated heterocycles. The summed E-state index contributed by atoms with van der Waals surface area (Å²) >= 11 is 0. The molecule has 1 unspecified atom stereocenters. The molecule has 1 fully saturated rings. The second-order valence-corrected chi connectivity index (χ2v) is 5.17. The van der Waals surface area contributed by atoms with Gasteiger partial charge in [-0.15, -0.1) is 0 Å². The molecule has 0 N–H and O–H groups in total. The molecule has 17 heavy (non-hydrogen) atoms. The first kappa shape index (κ1) is 10.8. The zero-order chi connectivity index (χ0) is 11.7. The number of hydrogen-bond acceptors (Lipinski definition) is 1. The molecule has 0 aliphatic carbocycles. The average molecular weight is 228 g/mol. The van der Waals surface area contributed by atoms with Crippen LogP contribution in [0, 0.1) is 0 Å². The van der Waals surface area contributed by atoms with Crippen molar-refractivity contribution >= 4 is 10.9 Å². The van der Waals surface area contributed by atoms with Gasteiger partial charge in [-0.2, -0.15) is 0 Å². The second kappa shape index (κ2) is 4.53. The summed E-state index contributed by atoms with van der Waals surface area (Å²) in [6.07, 6.45) is 6.16. The summed E-state index contributed by atoms with van der Waals surface area (Å²) in [4.78, 5) is 2.45. The molecule has 1 aromatic heterocycles. The van der Waals surface area contributed by atoms with E-state index in [2.05, 4.69) is 53.0 Å². The van der Waals surface area contributed by atoms with E-state index in [-0.39, 0.29) is 0 Å². The van der Waals surface area contributed by atoms with E-state index in [0.29, 0.717) is 6.04 Å². The SMILES string of the molecule is CN1CCCC(n2ccc3ccccc32)CC1. The quantitative estimate of drug-likeness (QED) is 0.727. The summed E-state index contributed by atoms with van der Waals surface area (Å²) in [5.74, 6) is 0. The van der Waals surface area contributed by atoms with Crippen molar-refractivity contribution in [3.05, 3.63) is 36.5 Å². The minimum absolute atomic E-state index is 0.680. The van der Waals surface area contributed by atoms with Crippen LogP contribution in [-0.4, -0.2) is 29.6 Å². The standard InChI is InChI=1S/C15H20N2/c1-16-10-4-6-14(9-11-16)17-12-8-13-5-2-3-7-15(13)17/h2-3,5,7-8,12,14H,4,6,9-11H2,1H3. The van der Waals surface area contributed by atoms with Crippen LogP contribution in [0.2, 0.25) is 0 Å². The van der Waals surface area contributed by atoms with E-state index in [4.69, 9.17) is 0 Å². The summed E-state index contributed by atoms with van der Waals surface area (Å²) in [7, 11) is 2.23. The van der Waals surface area contributed by atoms with E-state index >= 15 is 0 Å². The van der Waals surface area contributed by atoms with Gasteiger partial charge in [-0.1, -0.05) is 18.2 Å². The lowest BCUT2D eigenvalue weighted by Gasteiger charge is -2.18. The summed E-state index contributed by atoms with van der Waals surface area (Å²) < 4.78 is 2.48. The Labute approximate surface area is 103 Å². The normalized spacial score (nSPS) is 22.8. The molecule has 0 amide bonds. The smallest absolute Gasteiger partial charge is 0.0482 e. The molecule has 0 saturated carbocycles. The summed E-state index contributed by atoms with van der Waals surface area (Å²) in [6, 6.07) is 11.6. The molecule has 1 atom stereocenters. The van der Waals surface area contributed by atoms with Crippen LogP contribution in [0.15, 0.2) is 36.5 Å². The number of fused-ring (bicyclic) bond motifs is 1. The first-order valence-electron chi connectivity index (χ1n) is 6.59. The van der Waals surface area contributed by atoms with E-state index in [0.717, 1.165) is 0 Å². The van der Waals surface area contributed by atoms with Gasteiger partial charge in [0.15, 0.2) is 0 Å². The maximum Gasteiger partial charge on any atom is 0.0482 e. The highest BCUT2D eigenvalue weighted by atomic mass is 15.1. The molecule has 2 heteroatoms. The van der Waals surface area contributed by atoms with Crippen molar-refractivity contribution in [1.29, 1.82) is 0 Å². The van der Waals surface area contributed by atoms with Gasteiger partial charge in [0.2, 0.25) is 0 Å². The number of nitrogens with zero attached hydrogens (tertiary/aromatic N) is 2. The fourth-order valence-corrected chi connectivity index (χ4v) is 2.92. The lowest BCUT2D eigenvalue weighted by atomic mass is 10.1. The van der Waals surface area contributed by atoms with Crippen LogP contribution in [0.4, 0.5) is 0 Å². The maximum atomic E-state index is 2.48. The first-order valence-corrected chi connectivity index (χ1v) is 6.59. The first-order chi connectivity index (χ1) is 8.34. The second-order valence-electron chi connectivity index (χ2n) is 5.17. The lowest BCUT2D eigenvalue weighted by molar-refractivity contribution is 0.342. The lowest BCUT2D eigenvalue weighted by Crippen LogP contribution is -2.19. The molecule has 90 valence electrons. The van der Waals surface area contributed by atoms with Crippen LogP contribution in [-0.2, 0) is 0 Å². The van der Waals surface area contributed by atoms with Crippen LogP contribution in [0.3, 0.4) is 0 Å². The predicted octanol–water partition coefficient (Wildman–Crippen LogP) is 3.30. The minimum Gasteiger partial charge on any atom is -0.344 e. The monoisotopic (exact) mass is 228 g/mol. The number of para-hydroxylation sites is 1. The number of rotatable bonds is 1. The van der Waals surface area contributed by atoms with Gasteiger partial charge < -0.3 is 9.47 Å². The molecule has 1 aliphatic rings. The van der Waals surface area contributed by atoms with Crippen LogP contribution in [0.5, 0.6) is 0 Å². The van der Waals surface area contributed by atoms with Crippen LogP contribution in [0.1, 0.15) is 25.3 Å². The van der Waals surface area contributed by atoms with Gasteiger partial charge in [-0.05, 0) is 56.9 Å². The van der Waals surface area contributed by atoms with E-state index in [1.807, 2.05) is 0 Å². The Morgan fingerprint density at radius 1 is 1.06 bits per heavy atom. The van der Waals surface area contributed by atoms with Gasteiger partial charge in [-0.25, -0.2) is 0 Å². The van der Waals surface area contributed by atoms with Crippen molar-refractivity contribution in [2.45, 2.75) is 25.3 Å². The number of aromatic nitrogens is 1. The summed E-state index contributed by atoms with van der Waals surface area (Å²) in [6.45, 7) is 2.47. The third-order valence-electron chi connectivity index (χ3n) is 3.94. The molecule has 2 aromatic rings. The Morgan fingerprint density at radius 3 is 2.88 bits per heavy atom. The third kappa shape index (κ3) is 2.09. The van der Waals surface area contributed by atoms with Crippen LogP contribution in [0.25, 0.3) is 10.9 Å². The average Bonchev–Trinajstić information content (AvgIpc) is 2.66. The van der Waals surface area contributed by atoms with E-state index in [9.17, 15) is 0 Å². The molecular weight excluding hydrogens is 208 g/mol. The molecule has 3 rings (SSSR count). The minimum atomic E-state index is 0.680. The topological polar surface area (TPSA) is 8.17 Å². The van der Waals surface area contributed by atoms with E-state index in [1.165, 1.54) is 43.3 Å². The van der Waals surface area contributed by atoms with Gasteiger partial charge >= 0.3 is 0 Å². The van der Waals surface area contributed by atoms with Crippen LogP contribution >= 0.6 is 0 Å². The van der Waals surface area contributed by atoms with Crippen molar-refractivity contribution in [2.24, 2.45) is 0 Å². The van der Waals surface area contributed by atoms with Gasteiger partial charge in [0.25, 0.3) is 0 Å². The van der Waals surface area contributed by atoms with Crippen molar-refractivity contribution in [3.63, 3.8) is 0 Å². The molecule has 1 aliphatic heterocycles. The Hall–Kier alpha value is -1.28. The van der Waals surface area contributed by atoms with Gasteiger partial charge in [0, 0.05) is 17.8 Å². The van der Waals surface area contributed by atoms with E-state index < -0.39 is 0 Å². The van der Waals surface area contributed by atoms with Gasteiger partial charge in [0.05, 0.1) is 0 Å². The Morgan fingerprint density at radius 2 is 1.94 bits per heavy atom.